The van der Waals surface area contributed by atoms with Gasteiger partial charge in [-0.25, -0.2) is 0 Å². The van der Waals surface area contributed by atoms with Crippen LogP contribution in [0.4, 0.5) is 0 Å². The Kier molecular flexibility index (Phi) is 5.57. The Bertz CT molecular complexity index is 1040. The van der Waals surface area contributed by atoms with Crippen molar-refractivity contribution in [2.45, 2.75) is 0 Å². The Morgan fingerprint density at radius 3 is 2.41 bits per heavy atom. The number of aromatic nitrogens is 3. The van der Waals surface area contributed by atoms with Crippen LogP contribution in [-0.4, -0.2) is 29.0 Å². The van der Waals surface area contributed by atoms with Gasteiger partial charge in [0.25, 0.3) is 0 Å². The van der Waals surface area contributed by atoms with Gasteiger partial charge in [-0.3, -0.25) is 0 Å². The maximum atomic E-state index is 9.69. The third-order valence-electron chi connectivity index (χ3n) is 4.07. The molecule has 1 heterocycles. The van der Waals surface area contributed by atoms with Gasteiger partial charge in [-0.2, -0.15) is 5.26 Å². The molecule has 3 rings (SSSR count). The molecule has 0 spiro atoms. The molecular weight excluding hydrogens is 408 g/mol. The number of methoxy groups -OCH3 is 2. The maximum absolute atomic E-state index is 9.69. The van der Waals surface area contributed by atoms with Crippen molar-refractivity contribution in [3.63, 3.8) is 0 Å². The normalized spacial score (nSPS) is 11.1. The molecule has 2 aromatic carbocycles. The summed E-state index contributed by atoms with van der Waals surface area (Å²) in [4.78, 5) is 0. The topological polar surface area (TPSA) is 73.0 Å². The second-order valence-electron chi connectivity index (χ2n) is 5.67. The highest BCUT2D eigenvalue weighted by atomic mass is 79.9. The molecule has 0 aliphatic rings. The average molecular weight is 425 g/mol. The van der Waals surface area contributed by atoms with Gasteiger partial charge in [0.15, 0.2) is 23.1 Å². The zero-order valence-corrected chi connectivity index (χ0v) is 16.7. The summed E-state index contributed by atoms with van der Waals surface area (Å²) in [5.74, 6) is 2.35. The smallest absolute Gasteiger partial charge is 0.174 e. The molecule has 6 nitrogen and oxygen atoms in total. The zero-order chi connectivity index (χ0) is 19.4. The predicted molar refractivity (Wildman–Crippen MR) is 107 cm³/mol. The molecule has 0 saturated heterocycles. The van der Waals surface area contributed by atoms with Crippen molar-refractivity contribution >= 4 is 27.6 Å². The van der Waals surface area contributed by atoms with Gasteiger partial charge >= 0.3 is 0 Å². The molecule has 136 valence electrons. The highest BCUT2D eigenvalue weighted by Crippen LogP contribution is 2.35. The molecule has 0 amide bonds. The van der Waals surface area contributed by atoms with E-state index in [2.05, 4.69) is 32.2 Å². The fraction of sp³-hybridized carbons (Fsp3) is 0.150. The molecule has 7 heteroatoms. The Labute approximate surface area is 165 Å². The molecule has 0 fully saturated rings. The monoisotopic (exact) mass is 424 g/mol. The minimum Gasteiger partial charge on any atom is -0.493 e. The van der Waals surface area contributed by atoms with E-state index >= 15 is 0 Å². The number of ether oxygens (including phenoxy) is 2. The third-order valence-corrected chi connectivity index (χ3v) is 4.76. The molecular formula is C20H17BrN4O2. The van der Waals surface area contributed by atoms with E-state index in [1.54, 1.807) is 37.0 Å². The van der Waals surface area contributed by atoms with Gasteiger partial charge in [0.1, 0.15) is 6.07 Å². The first-order chi connectivity index (χ1) is 13.1. The largest absolute Gasteiger partial charge is 0.493 e. The molecule has 27 heavy (non-hydrogen) atoms. The first kappa shape index (κ1) is 18.7. The van der Waals surface area contributed by atoms with Crippen LogP contribution in [0, 0.1) is 11.3 Å². The molecule has 0 N–H and O–H groups in total. The second-order valence-corrected chi connectivity index (χ2v) is 6.53. The van der Waals surface area contributed by atoms with Crippen LogP contribution in [0.1, 0.15) is 11.4 Å². The number of benzene rings is 2. The summed E-state index contributed by atoms with van der Waals surface area (Å²) in [5, 5.41) is 18.2. The molecule has 3 aromatic rings. The van der Waals surface area contributed by atoms with E-state index in [1.165, 1.54) is 0 Å². The lowest BCUT2D eigenvalue weighted by Gasteiger charge is -2.10. The van der Waals surface area contributed by atoms with Crippen LogP contribution in [0.5, 0.6) is 11.5 Å². The zero-order valence-electron chi connectivity index (χ0n) is 15.1. The summed E-state index contributed by atoms with van der Waals surface area (Å²) >= 11 is 3.51. The number of allylic oxidation sites excluding steroid dienone is 1. The van der Waals surface area contributed by atoms with E-state index in [4.69, 9.17) is 9.47 Å². The van der Waals surface area contributed by atoms with E-state index in [-0.39, 0.29) is 0 Å². The van der Waals surface area contributed by atoms with Crippen LogP contribution >= 0.6 is 15.9 Å². The number of hydrogen-bond acceptors (Lipinski definition) is 5. The van der Waals surface area contributed by atoms with Gasteiger partial charge in [0.2, 0.25) is 0 Å². The van der Waals surface area contributed by atoms with Crippen molar-refractivity contribution in [2.24, 2.45) is 7.05 Å². The van der Waals surface area contributed by atoms with Crippen LogP contribution < -0.4 is 9.47 Å². The molecule has 0 aliphatic carbocycles. The molecule has 1 aromatic heterocycles. The number of nitrogens with zero attached hydrogens (tertiary/aromatic N) is 4. The fourth-order valence-electron chi connectivity index (χ4n) is 2.69. The summed E-state index contributed by atoms with van der Waals surface area (Å²) < 4.78 is 13.2. The average Bonchev–Trinajstić information content (AvgIpc) is 3.08. The van der Waals surface area contributed by atoms with Crippen LogP contribution in [0.3, 0.4) is 0 Å². The van der Waals surface area contributed by atoms with Gasteiger partial charge in [-0.05, 0) is 23.8 Å². The Morgan fingerprint density at radius 2 is 1.78 bits per heavy atom. The van der Waals surface area contributed by atoms with E-state index in [0.29, 0.717) is 28.7 Å². The van der Waals surface area contributed by atoms with Crippen molar-refractivity contribution in [3.8, 4) is 29.0 Å². The molecule has 0 unspecified atom stereocenters. The summed E-state index contributed by atoms with van der Waals surface area (Å²) in [6.07, 6.45) is 1.74. The van der Waals surface area contributed by atoms with Crippen molar-refractivity contribution < 1.29 is 9.47 Å². The molecule has 0 bridgehead atoms. The minimum atomic E-state index is 0.389. The molecule has 0 saturated carbocycles. The third kappa shape index (κ3) is 3.71. The number of rotatable bonds is 5. The standard InChI is InChI=1S/C20H17BrN4O2/c1-25-19(13-7-5-4-6-8-13)23-24-20(25)15(12-22)9-14-10-17(26-2)18(27-3)11-16(14)21/h4-11H,1-3H3/b15-9+. The first-order valence-corrected chi connectivity index (χ1v) is 8.86. The van der Waals surface area contributed by atoms with E-state index in [9.17, 15) is 5.26 Å². The quantitative estimate of drug-likeness (QED) is 0.569. The van der Waals surface area contributed by atoms with Crippen LogP contribution in [0.15, 0.2) is 46.9 Å². The summed E-state index contributed by atoms with van der Waals surface area (Å²) in [7, 11) is 4.98. The number of halogens is 1. The van der Waals surface area contributed by atoms with Crippen molar-refractivity contribution in [3.05, 3.63) is 58.3 Å². The second kappa shape index (κ2) is 8.06. The van der Waals surface area contributed by atoms with Crippen molar-refractivity contribution in [1.82, 2.24) is 14.8 Å². The van der Waals surface area contributed by atoms with Crippen LogP contribution in [0.25, 0.3) is 23.0 Å². The predicted octanol–water partition coefficient (Wildman–Crippen LogP) is 4.33. The summed E-state index contributed by atoms with van der Waals surface area (Å²) in [6, 6.07) is 15.5. The summed E-state index contributed by atoms with van der Waals surface area (Å²) in [5.41, 5.74) is 2.09. The van der Waals surface area contributed by atoms with Crippen LogP contribution in [0.2, 0.25) is 0 Å². The summed E-state index contributed by atoms with van der Waals surface area (Å²) in [6.45, 7) is 0. The molecule has 0 atom stereocenters. The minimum absolute atomic E-state index is 0.389. The van der Waals surface area contributed by atoms with E-state index in [0.717, 1.165) is 15.6 Å². The van der Waals surface area contributed by atoms with Gasteiger partial charge in [-0.1, -0.05) is 46.3 Å². The lowest BCUT2D eigenvalue weighted by molar-refractivity contribution is 0.354. The first-order valence-electron chi connectivity index (χ1n) is 8.07. The fourth-order valence-corrected chi connectivity index (χ4v) is 3.12. The van der Waals surface area contributed by atoms with Crippen LogP contribution in [-0.2, 0) is 7.05 Å². The lowest BCUT2D eigenvalue weighted by Crippen LogP contribution is -1.99. The Morgan fingerprint density at radius 1 is 1.11 bits per heavy atom. The van der Waals surface area contributed by atoms with E-state index in [1.807, 2.05) is 37.4 Å². The lowest BCUT2D eigenvalue weighted by atomic mass is 10.1. The number of hydrogen-bond donors (Lipinski definition) is 0. The SMILES string of the molecule is COc1cc(Br)c(/C=C(\C#N)c2nnc(-c3ccccc3)n2C)cc1OC. The Hall–Kier alpha value is -3.11. The highest BCUT2D eigenvalue weighted by molar-refractivity contribution is 9.10. The van der Waals surface area contributed by atoms with E-state index < -0.39 is 0 Å². The maximum Gasteiger partial charge on any atom is 0.174 e. The highest BCUT2D eigenvalue weighted by Gasteiger charge is 2.16. The Balaban J connectivity index is 2.07. The van der Waals surface area contributed by atoms with Gasteiger partial charge in [0.05, 0.1) is 19.8 Å². The van der Waals surface area contributed by atoms with Gasteiger partial charge in [0, 0.05) is 17.1 Å². The van der Waals surface area contributed by atoms with Crippen molar-refractivity contribution in [2.75, 3.05) is 14.2 Å². The van der Waals surface area contributed by atoms with Crippen molar-refractivity contribution in [1.29, 1.82) is 5.26 Å². The van der Waals surface area contributed by atoms with Gasteiger partial charge in [-0.15, -0.1) is 10.2 Å². The van der Waals surface area contributed by atoms with Gasteiger partial charge < -0.3 is 14.0 Å². The molecule has 0 radical (unpaired) electrons. The number of nitriles is 1. The molecule has 0 aliphatic heterocycles.